The Labute approximate surface area is 328 Å². The molecule has 0 aliphatic carbocycles. The standard InChI is InChI=1S/C47H86O6/c1-4-7-10-13-16-19-21-22-23-24-26-28-31-34-37-40-46(49)52-43-44(42-51-45(48)39-36-33-30-27-18-15-12-9-6-3)53-47(50)41-38-35-32-29-25-20-17-14-11-8-5-2/h14,17,20,25,44H,4-13,15-16,18-19,21-24,26-43H2,1-3H3/b17-14-,25-20-. The highest BCUT2D eigenvalue weighted by atomic mass is 16.6. The highest BCUT2D eigenvalue weighted by Crippen LogP contribution is 2.15. The third kappa shape index (κ3) is 40.9. The zero-order valence-corrected chi connectivity index (χ0v) is 35.3. The van der Waals surface area contributed by atoms with E-state index in [0.29, 0.717) is 19.3 Å². The normalized spacial score (nSPS) is 12.1. The summed E-state index contributed by atoms with van der Waals surface area (Å²) in [4.78, 5) is 37.6. The summed E-state index contributed by atoms with van der Waals surface area (Å²) in [6, 6.07) is 0. The van der Waals surface area contributed by atoms with E-state index in [1.54, 1.807) is 0 Å². The molecule has 0 aromatic heterocycles. The van der Waals surface area contributed by atoms with Crippen molar-refractivity contribution in [2.24, 2.45) is 0 Å². The van der Waals surface area contributed by atoms with Gasteiger partial charge >= 0.3 is 17.9 Å². The Morgan fingerprint density at radius 1 is 0.377 bits per heavy atom. The Morgan fingerprint density at radius 3 is 1.06 bits per heavy atom. The molecule has 0 bridgehead atoms. The van der Waals surface area contributed by atoms with E-state index >= 15 is 0 Å². The van der Waals surface area contributed by atoms with Gasteiger partial charge in [-0.3, -0.25) is 14.4 Å². The lowest BCUT2D eigenvalue weighted by atomic mass is 10.0. The van der Waals surface area contributed by atoms with Crippen LogP contribution >= 0.6 is 0 Å². The van der Waals surface area contributed by atoms with Crippen LogP contribution in [0.15, 0.2) is 24.3 Å². The number of hydrogen-bond acceptors (Lipinski definition) is 6. The number of rotatable bonds is 41. The van der Waals surface area contributed by atoms with Gasteiger partial charge in [0, 0.05) is 19.3 Å². The molecule has 0 saturated carbocycles. The molecule has 53 heavy (non-hydrogen) atoms. The monoisotopic (exact) mass is 747 g/mol. The lowest BCUT2D eigenvalue weighted by Gasteiger charge is -2.18. The van der Waals surface area contributed by atoms with Gasteiger partial charge < -0.3 is 14.2 Å². The molecule has 1 atom stereocenters. The molecule has 0 aromatic rings. The fourth-order valence-corrected chi connectivity index (χ4v) is 6.48. The highest BCUT2D eigenvalue weighted by molar-refractivity contribution is 5.71. The summed E-state index contributed by atoms with van der Waals surface area (Å²) in [5, 5.41) is 0. The topological polar surface area (TPSA) is 78.9 Å². The molecular formula is C47H86O6. The summed E-state index contributed by atoms with van der Waals surface area (Å²) in [7, 11) is 0. The number of allylic oxidation sites excluding steroid dienone is 4. The Bertz CT molecular complexity index is 865. The minimum absolute atomic E-state index is 0.0782. The van der Waals surface area contributed by atoms with Gasteiger partial charge in [-0.15, -0.1) is 0 Å². The zero-order chi connectivity index (χ0) is 38.7. The summed E-state index contributed by atoms with van der Waals surface area (Å²) < 4.78 is 16.7. The largest absolute Gasteiger partial charge is 0.462 e. The predicted octanol–water partition coefficient (Wildman–Crippen LogP) is 14.4. The summed E-state index contributed by atoms with van der Waals surface area (Å²) in [6.45, 7) is 6.55. The van der Waals surface area contributed by atoms with Crippen LogP contribution in [0, 0.1) is 0 Å². The molecule has 310 valence electrons. The van der Waals surface area contributed by atoms with E-state index in [4.69, 9.17) is 14.2 Å². The van der Waals surface area contributed by atoms with Gasteiger partial charge in [0.15, 0.2) is 6.10 Å². The first kappa shape index (κ1) is 50.9. The summed E-state index contributed by atoms with van der Waals surface area (Å²) >= 11 is 0. The number of ether oxygens (including phenoxy) is 3. The van der Waals surface area contributed by atoms with Crippen LogP contribution in [0.25, 0.3) is 0 Å². The molecule has 0 aromatic carbocycles. The maximum Gasteiger partial charge on any atom is 0.306 e. The number of hydrogen-bond donors (Lipinski definition) is 0. The SMILES string of the molecule is CCCC/C=C\C=C/CCCCCC(=O)OC(COC(=O)CCCCCCCCCCC)COC(=O)CCCCCCCCCCCCCCCCC. The zero-order valence-electron chi connectivity index (χ0n) is 35.3. The predicted molar refractivity (Wildman–Crippen MR) is 224 cm³/mol. The summed E-state index contributed by atoms with van der Waals surface area (Å²) in [5.74, 6) is -0.903. The minimum Gasteiger partial charge on any atom is -0.462 e. The fraction of sp³-hybridized carbons (Fsp3) is 0.851. The van der Waals surface area contributed by atoms with E-state index in [9.17, 15) is 14.4 Å². The van der Waals surface area contributed by atoms with Crippen molar-refractivity contribution in [3.63, 3.8) is 0 Å². The second kappa shape index (κ2) is 42.6. The van der Waals surface area contributed by atoms with Crippen LogP contribution in [0.4, 0.5) is 0 Å². The van der Waals surface area contributed by atoms with Crippen molar-refractivity contribution < 1.29 is 28.6 Å². The van der Waals surface area contributed by atoms with Crippen molar-refractivity contribution in [2.75, 3.05) is 13.2 Å². The smallest absolute Gasteiger partial charge is 0.306 e. The average Bonchev–Trinajstić information content (AvgIpc) is 3.15. The highest BCUT2D eigenvalue weighted by Gasteiger charge is 2.19. The van der Waals surface area contributed by atoms with Crippen molar-refractivity contribution in [1.82, 2.24) is 0 Å². The van der Waals surface area contributed by atoms with Crippen LogP contribution in [0.2, 0.25) is 0 Å². The van der Waals surface area contributed by atoms with Crippen molar-refractivity contribution in [3.8, 4) is 0 Å². The van der Waals surface area contributed by atoms with E-state index in [0.717, 1.165) is 70.6 Å². The van der Waals surface area contributed by atoms with Crippen LogP contribution in [-0.4, -0.2) is 37.2 Å². The van der Waals surface area contributed by atoms with Gasteiger partial charge in [-0.1, -0.05) is 206 Å². The second-order valence-electron chi connectivity index (χ2n) is 15.4. The lowest BCUT2D eigenvalue weighted by Crippen LogP contribution is -2.30. The molecule has 0 rings (SSSR count). The first-order chi connectivity index (χ1) is 26.0. The van der Waals surface area contributed by atoms with Gasteiger partial charge in [-0.25, -0.2) is 0 Å². The van der Waals surface area contributed by atoms with E-state index in [-0.39, 0.29) is 31.1 Å². The van der Waals surface area contributed by atoms with Gasteiger partial charge in [0.05, 0.1) is 0 Å². The van der Waals surface area contributed by atoms with Gasteiger partial charge in [-0.05, 0) is 38.5 Å². The van der Waals surface area contributed by atoms with Crippen LogP contribution in [0.5, 0.6) is 0 Å². The number of esters is 3. The molecule has 6 heteroatoms. The summed E-state index contributed by atoms with van der Waals surface area (Å²) in [5.41, 5.74) is 0. The average molecular weight is 747 g/mol. The van der Waals surface area contributed by atoms with E-state index in [1.807, 2.05) is 0 Å². The van der Waals surface area contributed by atoms with Crippen LogP contribution in [0.3, 0.4) is 0 Å². The van der Waals surface area contributed by atoms with Gasteiger partial charge in [-0.2, -0.15) is 0 Å². The molecule has 1 unspecified atom stereocenters. The fourth-order valence-electron chi connectivity index (χ4n) is 6.48. The molecule has 6 nitrogen and oxygen atoms in total. The van der Waals surface area contributed by atoms with Crippen LogP contribution in [-0.2, 0) is 28.6 Å². The van der Waals surface area contributed by atoms with E-state index < -0.39 is 6.10 Å². The Balaban J connectivity index is 4.33. The second-order valence-corrected chi connectivity index (χ2v) is 15.4. The first-order valence-corrected chi connectivity index (χ1v) is 22.9. The Kier molecular flexibility index (Phi) is 40.9. The molecule has 0 N–H and O–H groups in total. The molecule has 0 heterocycles. The van der Waals surface area contributed by atoms with E-state index in [1.165, 1.54) is 128 Å². The number of carbonyl (C=O) groups is 3. The molecule has 0 aliphatic rings. The molecule has 0 fully saturated rings. The van der Waals surface area contributed by atoms with Gasteiger partial charge in [0.2, 0.25) is 0 Å². The van der Waals surface area contributed by atoms with Crippen molar-refractivity contribution in [1.29, 1.82) is 0 Å². The molecule has 0 spiro atoms. The van der Waals surface area contributed by atoms with Crippen molar-refractivity contribution in [3.05, 3.63) is 24.3 Å². The molecular weight excluding hydrogens is 661 g/mol. The Morgan fingerprint density at radius 2 is 0.679 bits per heavy atom. The van der Waals surface area contributed by atoms with Crippen LogP contribution < -0.4 is 0 Å². The molecule has 0 amide bonds. The third-order valence-corrected chi connectivity index (χ3v) is 9.99. The minimum atomic E-state index is -0.776. The lowest BCUT2D eigenvalue weighted by molar-refractivity contribution is -0.167. The maximum atomic E-state index is 12.7. The molecule has 0 saturated heterocycles. The van der Waals surface area contributed by atoms with E-state index in [2.05, 4.69) is 45.1 Å². The Hall–Kier alpha value is -2.11. The quantitative estimate of drug-likeness (QED) is 0.0268. The van der Waals surface area contributed by atoms with Crippen LogP contribution in [0.1, 0.15) is 239 Å². The summed E-state index contributed by atoms with van der Waals surface area (Å²) in [6.07, 6.45) is 45.9. The van der Waals surface area contributed by atoms with Gasteiger partial charge in [0.25, 0.3) is 0 Å². The molecule has 0 radical (unpaired) electrons. The number of carbonyl (C=O) groups excluding carboxylic acids is 3. The first-order valence-electron chi connectivity index (χ1n) is 22.9. The maximum absolute atomic E-state index is 12.7. The van der Waals surface area contributed by atoms with Crippen molar-refractivity contribution in [2.45, 2.75) is 245 Å². The number of unbranched alkanes of at least 4 members (excludes halogenated alkanes) is 27. The van der Waals surface area contributed by atoms with Gasteiger partial charge in [0.1, 0.15) is 13.2 Å². The molecule has 0 aliphatic heterocycles. The van der Waals surface area contributed by atoms with Crippen molar-refractivity contribution >= 4 is 17.9 Å². The third-order valence-electron chi connectivity index (χ3n) is 9.99.